The zero-order valence-electron chi connectivity index (χ0n) is 11.3. The standard InChI is InChI=1S/C15H19BrN2O2/c16-12-2-1-10-8-18(9-11(10)7-12)13-3-5-14(6-4-13)20-15(17)19/h1-2,7,13-14H,3-6,8-9H2,(H2,17,19). The molecule has 2 aliphatic rings. The van der Waals surface area contributed by atoms with Crippen LogP contribution in [0.15, 0.2) is 22.7 Å². The van der Waals surface area contributed by atoms with Gasteiger partial charge in [0.25, 0.3) is 0 Å². The van der Waals surface area contributed by atoms with E-state index in [-0.39, 0.29) is 6.10 Å². The molecule has 1 aromatic rings. The largest absolute Gasteiger partial charge is 0.446 e. The van der Waals surface area contributed by atoms with Crippen molar-refractivity contribution in [3.63, 3.8) is 0 Å². The number of benzene rings is 1. The van der Waals surface area contributed by atoms with Crippen LogP contribution in [0.25, 0.3) is 0 Å². The molecule has 0 radical (unpaired) electrons. The summed E-state index contributed by atoms with van der Waals surface area (Å²) in [7, 11) is 0. The van der Waals surface area contributed by atoms with E-state index in [9.17, 15) is 4.79 Å². The van der Waals surface area contributed by atoms with Crippen molar-refractivity contribution in [2.24, 2.45) is 5.73 Å². The Kier molecular flexibility index (Phi) is 3.98. The summed E-state index contributed by atoms with van der Waals surface area (Å²) in [5, 5.41) is 0. The van der Waals surface area contributed by atoms with Gasteiger partial charge in [0.2, 0.25) is 0 Å². The number of nitrogens with zero attached hydrogens (tertiary/aromatic N) is 1. The second-order valence-electron chi connectivity index (χ2n) is 5.69. The molecule has 0 saturated heterocycles. The SMILES string of the molecule is NC(=O)OC1CCC(N2Cc3ccc(Br)cc3C2)CC1. The maximum absolute atomic E-state index is 10.8. The van der Waals surface area contributed by atoms with Crippen LogP contribution in [-0.4, -0.2) is 23.1 Å². The number of fused-ring (bicyclic) bond motifs is 1. The van der Waals surface area contributed by atoms with Gasteiger partial charge in [-0.2, -0.15) is 0 Å². The molecule has 4 nitrogen and oxygen atoms in total. The molecule has 1 saturated carbocycles. The number of ether oxygens (including phenoxy) is 1. The molecule has 0 atom stereocenters. The second-order valence-corrected chi connectivity index (χ2v) is 6.60. The van der Waals surface area contributed by atoms with Crippen molar-refractivity contribution in [2.45, 2.75) is 50.9 Å². The van der Waals surface area contributed by atoms with E-state index in [0.29, 0.717) is 6.04 Å². The molecule has 0 bridgehead atoms. The van der Waals surface area contributed by atoms with Crippen molar-refractivity contribution >= 4 is 22.0 Å². The lowest BCUT2D eigenvalue weighted by molar-refractivity contribution is 0.0516. The molecule has 20 heavy (non-hydrogen) atoms. The molecule has 2 N–H and O–H groups in total. The third kappa shape index (κ3) is 2.99. The normalized spacial score (nSPS) is 26.2. The molecule has 1 amide bonds. The van der Waals surface area contributed by atoms with E-state index in [0.717, 1.165) is 43.2 Å². The first-order valence-electron chi connectivity index (χ1n) is 7.09. The van der Waals surface area contributed by atoms with Crippen molar-refractivity contribution in [2.75, 3.05) is 0 Å². The van der Waals surface area contributed by atoms with E-state index >= 15 is 0 Å². The van der Waals surface area contributed by atoms with Crippen molar-refractivity contribution in [3.05, 3.63) is 33.8 Å². The molecule has 0 spiro atoms. The van der Waals surface area contributed by atoms with E-state index in [1.54, 1.807) is 0 Å². The smallest absolute Gasteiger partial charge is 0.404 e. The topological polar surface area (TPSA) is 55.6 Å². The Bertz CT molecular complexity index is 513. The minimum Gasteiger partial charge on any atom is -0.446 e. The van der Waals surface area contributed by atoms with E-state index < -0.39 is 6.09 Å². The summed E-state index contributed by atoms with van der Waals surface area (Å²) in [6.07, 6.45) is 3.36. The van der Waals surface area contributed by atoms with Crippen molar-refractivity contribution in [3.8, 4) is 0 Å². The van der Waals surface area contributed by atoms with Crippen LogP contribution < -0.4 is 5.73 Å². The Morgan fingerprint density at radius 1 is 1.20 bits per heavy atom. The lowest BCUT2D eigenvalue weighted by atomic mass is 9.92. The van der Waals surface area contributed by atoms with Crippen LogP contribution in [0.3, 0.4) is 0 Å². The average Bonchev–Trinajstić information content (AvgIpc) is 2.81. The Labute approximate surface area is 127 Å². The van der Waals surface area contributed by atoms with Crippen LogP contribution in [0.4, 0.5) is 4.79 Å². The fourth-order valence-electron chi connectivity index (χ4n) is 3.34. The predicted molar refractivity (Wildman–Crippen MR) is 80.1 cm³/mol. The first kappa shape index (κ1) is 13.9. The number of primary amides is 1. The molecule has 1 heterocycles. The Hall–Kier alpha value is -1.07. The van der Waals surface area contributed by atoms with Gasteiger partial charge in [0.15, 0.2) is 0 Å². The number of nitrogens with two attached hydrogens (primary N) is 1. The summed E-state index contributed by atoms with van der Waals surface area (Å²) in [6, 6.07) is 7.13. The van der Waals surface area contributed by atoms with Crippen molar-refractivity contribution < 1.29 is 9.53 Å². The molecule has 1 aromatic carbocycles. The van der Waals surface area contributed by atoms with Gasteiger partial charge >= 0.3 is 6.09 Å². The van der Waals surface area contributed by atoms with E-state index in [2.05, 4.69) is 39.0 Å². The second kappa shape index (κ2) is 5.74. The highest BCUT2D eigenvalue weighted by Gasteiger charge is 2.30. The zero-order chi connectivity index (χ0) is 14.1. The summed E-state index contributed by atoms with van der Waals surface area (Å²) in [5.74, 6) is 0. The zero-order valence-corrected chi connectivity index (χ0v) is 12.9. The number of carbonyl (C=O) groups is 1. The number of amides is 1. The van der Waals surface area contributed by atoms with Crippen LogP contribution in [-0.2, 0) is 17.8 Å². The minimum absolute atomic E-state index is 0.0165. The number of carbonyl (C=O) groups excluding carboxylic acids is 1. The Balaban J connectivity index is 1.57. The third-order valence-electron chi connectivity index (χ3n) is 4.36. The van der Waals surface area contributed by atoms with Gasteiger partial charge in [0.05, 0.1) is 0 Å². The summed E-state index contributed by atoms with van der Waals surface area (Å²) in [5.41, 5.74) is 7.94. The van der Waals surface area contributed by atoms with E-state index in [1.165, 1.54) is 11.1 Å². The third-order valence-corrected chi connectivity index (χ3v) is 4.85. The lowest BCUT2D eigenvalue weighted by Gasteiger charge is -2.33. The van der Waals surface area contributed by atoms with Crippen molar-refractivity contribution in [1.29, 1.82) is 0 Å². The van der Waals surface area contributed by atoms with Gasteiger partial charge in [-0.3, -0.25) is 4.90 Å². The molecule has 0 unspecified atom stereocenters. The number of hydrogen-bond acceptors (Lipinski definition) is 3. The molecular weight excluding hydrogens is 320 g/mol. The van der Waals surface area contributed by atoms with Crippen LogP contribution >= 0.6 is 15.9 Å². The Morgan fingerprint density at radius 3 is 2.60 bits per heavy atom. The fraction of sp³-hybridized carbons (Fsp3) is 0.533. The highest BCUT2D eigenvalue weighted by atomic mass is 79.9. The van der Waals surface area contributed by atoms with Gasteiger partial charge in [0.1, 0.15) is 6.10 Å². The summed E-state index contributed by atoms with van der Waals surface area (Å²) >= 11 is 3.53. The predicted octanol–water partition coefficient (Wildman–Crippen LogP) is 3.17. The molecule has 1 aliphatic heterocycles. The van der Waals surface area contributed by atoms with Crippen LogP contribution in [0.2, 0.25) is 0 Å². The highest BCUT2D eigenvalue weighted by Crippen LogP contribution is 2.32. The Morgan fingerprint density at radius 2 is 1.90 bits per heavy atom. The van der Waals surface area contributed by atoms with Gasteiger partial charge < -0.3 is 10.5 Å². The van der Waals surface area contributed by atoms with Crippen molar-refractivity contribution in [1.82, 2.24) is 4.90 Å². The van der Waals surface area contributed by atoms with Gasteiger partial charge in [-0.1, -0.05) is 22.0 Å². The quantitative estimate of drug-likeness (QED) is 0.900. The molecular formula is C15H19BrN2O2. The average molecular weight is 339 g/mol. The first-order valence-corrected chi connectivity index (χ1v) is 7.88. The lowest BCUT2D eigenvalue weighted by Crippen LogP contribution is -2.37. The monoisotopic (exact) mass is 338 g/mol. The molecule has 3 rings (SSSR count). The van der Waals surface area contributed by atoms with Gasteiger partial charge in [0, 0.05) is 23.6 Å². The fourth-order valence-corrected chi connectivity index (χ4v) is 3.75. The molecule has 1 fully saturated rings. The maximum Gasteiger partial charge on any atom is 0.404 e. The van der Waals surface area contributed by atoms with E-state index in [4.69, 9.17) is 10.5 Å². The molecule has 0 aromatic heterocycles. The number of halogens is 1. The first-order chi connectivity index (χ1) is 9.61. The van der Waals surface area contributed by atoms with Gasteiger partial charge in [-0.15, -0.1) is 0 Å². The minimum atomic E-state index is -0.646. The van der Waals surface area contributed by atoms with Gasteiger partial charge in [-0.05, 0) is 48.9 Å². The van der Waals surface area contributed by atoms with E-state index in [1.807, 2.05) is 0 Å². The van der Waals surface area contributed by atoms with Crippen LogP contribution in [0, 0.1) is 0 Å². The highest BCUT2D eigenvalue weighted by molar-refractivity contribution is 9.10. The summed E-state index contributed by atoms with van der Waals surface area (Å²) < 4.78 is 6.24. The molecule has 108 valence electrons. The van der Waals surface area contributed by atoms with Gasteiger partial charge in [-0.25, -0.2) is 4.79 Å². The maximum atomic E-state index is 10.8. The molecule has 1 aliphatic carbocycles. The molecule has 5 heteroatoms. The number of hydrogen-bond donors (Lipinski definition) is 1. The summed E-state index contributed by atoms with van der Waals surface area (Å²) in [4.78, 5) is 13.3. The van der Waals surface area contributed by atoms with Crippen LogP contribution in [0.5, 0.6) is 0 Å². The van der Waals surface area contributed by atoms with Crippen LogP contribution in [0.1, 0.15) is 36.8 Å². The summed E-state index contributed by atoms with van der Waals surface area (Å²) in [6.45, 7) is 2.06. The number of rotatable bonds is 2.